The molecule has 1 rings (SSSR count). The first-order valence-electron chi connectivity index (χ1n) is 11.1. The molecule has 0 unspecified atom stereocenters. The highest BCUT2D eigenvalue weighted by Crippen LogP contribution is 2.19. The van der Waals surface area contributed by atoms with E-state index in [2.05, 4.69) is 19.1 Å². The molecule has 0 aromatic rings. The van der Waals surface area contributed by atoms with Gasteiger partial charge in [0.15, 0.2) is 0 Å². The van der Waals surface area contributed by atoms with Crippen LogP contribution >= 0.6 is 0 Å². The average molecular weight is 387 g/mol. The number of rotatable bonds is 16. The first-order valence-corrected chi connectivity index (χ1v) is 11.1. The van der Waals surface area contributed by atoms with Gasteiger partial charge in [0.25, 0.3) is 0 Å². The van der Waals surface area contributed by atoms with E-state index in [0.717, 1.165) is 19.3 Å². The van der Waals surface area contributed by atoms with E-state index in [1.807, 2.05) is 0 Å². The van der Waals surface area contributed by atoms with Crippen molar-refractivity contribution >= 4 is 0 Å². The number of ether oxygens (including phenoxy) is 2. The monoisotopic (exact) mass is 386 g/mol. The average Bonchev–Trinajstić information content (AvgIpc) is 2.68. The highest BCUT2D eigenvalue weighted by atomic mass is 16.6. The van der Waals surface area contributed by atoms with Gasteiger partial charge in [-0.1, -0.05) is 70.4 Å². The molecule has 1 aliphatic heterocycles. The largest absolute Gasteiger partial charge is 0.394 e. The third-order valence-electron chi connectivity index (χ3n) is 5.24. The van der Waals surface area contributed by atoms with Crippen LogP contribution in [-0.2, 0) is 9.47 Å². The fourth-order valence-corrected chi connectivity index (χ4v) is 3.50. The Balaban J connectivity index is 1.89. The van der Waals surface area contributed by atoms with Crippen molar-refractivity contribution in [2.75, 3.05) is 19.8 Å². The van der Waals surface area contributed by atoms with Gasteiger partial charge in [0, 0.05) is 6.61 Å². The van der Waals surface area contributed by atoms with Crippen LogP contribution in [0.15, 0.2) is 12.2 Å². The van der Waals surface area contributed by atoms with Crippen LogP contribution in [-0.4, -0.2) is 59.6 Å². The fraction of sp³-hybridized carbons (Fsp3) is 0.909. The Hall–Kier alpha value is -0.460. The van der Waals surface area contributed by atoms with Crippen molar-refractivity contribution in [3.63, 3.8) is 0 Å². The predicted molar refractivity (Wildman–Crippen MR) is 109 cm³/mol. The molecule has 0 aliphatic carbocycles. The summed E-state index contributed by atoms with van der Waals surface area (Å²) in [5.41, 5.74) is 0. The van der Waals surface area contributed by atoms with E-state index < -0.39 is 24.4 Å². The van der Waals surface area contributed by atoms with E-state index >= 15 is 0 Å². The highest BCUT2D eigenvalue weighted by molar-refractivity contribution is 4.87. The minimum atomic E-state index is -0.987. The molecule has 0 spiro atoms. The van der Waals surface area contributed by atoms with Crippen LogP contribution in [0.5, 0.6) is 0 Å². The van der Waals surface area contributed by atoms with Gasteiger partial charge in [0.1, 0.15) is 24.4 Å². The van der Waals surface area contributed by atoms with Gasteiger partial charge < -0.3 is 24.8 Å². The first kappa shape index (κ1) is 24.6. The summed E-state index contributed by atoms with van der Waals surface area (Å²) in [6.45, 7) is 2.55. The molecule has 5 heteroatoms. The van der Waals surface area contributed by atoms with Crippen LogP contribution < -0.4 is 0 Å². The molecule has 0 amide bonds. The normalized spacial score (nSPS) is 26.1. The fourth-order valence-electron chi connectivity index (χ4n) is 3.50. The molecule has 0 aromatic heterocycles. The van der Waals surface area contributed by atoms with Crippen LogP contribution in [0.2, 0.25) is 0 Å². The molecule has 27 heavy (non-hydrogen) atoms. The summed E-state index contributed by atoms with van der Waals surface area (Å²) in [6, 6.07) is 0. The molecule has 1 aliphatic rings. The Morgan fingerprint density at radius 1 is 0.889 bits per heavy atom. The standard InChI is InChI=1S/C22H42O5/c1-2-3-4-5-6-7-8-9-10-11-12-13-14-15-16-26-22-20(17-23)27-18-19(24)21(22)25/h3-4,19-25H,2,5-18H2,1H3/b4-3+/t19-,20+,21+,22+/m0/s1. The molecule has 3 N–H and O–H groups in total. The van der Waals surface area contributed by atoms with Gasteiger partial charge in [-0.2, -0.15) is 0 Å². The first-order chi connectivity index (χ1) is 13.2. The SMILES string of the molecule is CC/C=C/CCCCCCCCCCCCO[C@H]1[C@H](O)[C@@H](O)CO[C@@H]1CO. The van der Waals surface area contributed by atoms with E-state index in [4.69, 9.17) is 9.47 Å². The summed E-state index contributed by atoms with van der Waals surface area (Å²) >= 11 is 0. The molecule has 1 fully saturated rings. The lowest BCUT2D eigenvalue weighted by Crippen LogP contribution is -2.55. The smallest absolute Gasteiger partial charge is 0.114 e. The highest BCUT2D eigenvalue weighted by Gasteiger charge is 2.39. The van der Waals surface area contributed by atoms with Gasteiger partial charge in [0.05, 0.1) is 13.2 Å². The van der Waals surface area contributed by atoms with Gasteiger partial charge >= 0.3 is 0 Å². The third kappa shape index (κ3) is 11.2. The molecule has 160 valence electrons. The summed E-state index contributed by atoms with van der Waals surface area (Å²) in [7, 11) is 0. The van der Waals surface area contributed by atoms with E-state index in [1.54, 1.807) is 0 Å². The summed E-state index contributed by atoms with van der Waals surface area (Å²) < 4.78 is 11.0. The Kier molecular flexibility index (Phi) is 15.0. The second-order valence-electron chi connectivity index (χ2n) is 7.65. The maximum absolute atomic E-state index is 9.98. The lowest BCUT2D eigenvalue weighted by molar-refractivity contribution is -0.211. The second-order valence-corrected chi connectivity index (χ2v) is 7.65. The Morgan fingerprint density at radius 3 is 2.07 bits per heavy atom. The van der Waals surface area contributed by atoms with Crippen molar-refractivity contribution < 1.29 is 24.8 Å². The quantitative estimate of drug-likeness (QED) is 0.278. The lowest BCUT2D eigenvalue weighted by Gasteiger charge is -2.37. The minimum Gasteiger partial charge on any atom is -0.394 e. The van der Waals surface area contributed by atoms with E-state index in [0.29, 0.717) is 6.61 Å². The molecule has 1 heterocycles. The maximum Gasteiger partial charge on any atom is 0.114 e. The number of allylic oxidation sites excluding steroid dienone is 2. The molecular formula is C22H42O5. The van der Waals surface area contributed by atoms with E-state index in [9.17, 15) is 15.3 Å². The Morgan fingerprint density at radius 2 is 1.48 bits per heavy atom. The van der Waals surface area contributed by atoms with Crippen molar-refractivity contribution in [3.8, 4) is 0 Å². The zero-order valence-corrected chi connectivity index (χ0v) is 17.2. The summed E-state index contributed by atoms with van der Waals surface area (Å²) in [6.07, 6.45) is 16.4. The molecular weight excluding hydrogens is 344 g/mol. The molecule has 1 saturated heterocycles. The Bertz CT molecular complexity index is 359. The van der Waals surface area contributed by atoms with Crippen molar-refractivity contribution in [1.82, 2.24) is 0 Å². The number of hydrogen-bond donors (Lipinski definition) is 3. The zero-order chi connectivity index (χ0) is 19.7. The van der Waals surface area contributed by atoms with Crippen LogP contribution in [0.25, 0.3) is 0 Å². The zero-order valence-electron chi connectivity index (χ0n) is 17.2. The third-order valence-corrected chi connectivity index (χ3v) is 5.24. The maximum atomic E-state index is 9.98. The molecule has 5 nitrogen and oxygen atoms in total. The number of aliphatic hydroxyl groups excluding tert-OH is 3. The van der Waals surface area contributed by atoms with E-state index in [-0.39, 0.29) is 13.2 Å². The molecule has 4 atom stereocenters. The van der Waals surface area contributed by atoms with Gasteiger partial charge in [-0.25, -0.2) is 0 Å². The van der Waals surface area contributed by atoms with Gasteiger partial charge in [-0.15, -0.1) is 0 Å². The molecule has 0 aromatic carbocycles. The number of aliphatic hydroxyl groups is 3. The van der Waals surface area contributed by atoms with Crippen LogP contribution in [0.4, 0.5) is 0 Å². The predicted octanol–water partition coefficient (Wildman–Crippen LogP) is 3.74. The number of unbranched alkanes of at least 4 members (excludes halogenated alkanes) is 10. The van der Waals surface area contributed by atoms with Crippen molar-refractivity contribution in [3.05, 3.63) is 12.2 Å². The van der Waals surface area contributed by atoms with Crippen LogP contribution in [0, 0.1) is 0 Å². The topological polar surface area (TPSA) is 79.2 Å². The van der Waals surface area contributed by atoms with Crippen molar-refractivity contribution in [1.29, 1.82) is 0 Å². The lowest BCUT2D eigenvalue weighted by atomic mass is 10.0. The second kappa shape index (κ2) is 16.5. The summed E-state index contributed by atoms with van der Waals surface area (Å²) in [4.78, 5) is 0. The van der Waals surface area contributed by atoms with Gasteiger partial charge in [0.2, 0.25) is 0 Å². The van der Waals surface area contributed by atoms with Crippen LogP contribution in [0.3, 0.4) is 0 Å². The van der Waals surface area contributed by atoms with Gasteiger partial charge in [-0.3, -0.25) is 0 Å². The number of hydrogen-bond acceptors (Lipinski definition) is 5. The van der Waals surface area contributed by atoms with Crippen molar-refractivity contribution in [2.24, 2.45) is 0 Å². The molecule has 0 bridgehead atoms. The molecule has 0 saturated carbocycles. The summed E-state index contributed by atoms with van der Waals surface area (Å²) in [5.74, 6) is 0. The van der Waals surface area contributed by atoms with E-state index in [1.165, 1.54) is 57.8 Å². The minimum absolute atomic E-state index is 0.0438. The Labute approximate surface area is 165 Å². The molecule has 0 radical (unpaired) electrons. The van der Waals surface area contributed by atoms with Crippen LogP contribution in [0.1, 0.15) is 84.0 Å². The van der Waals surface area contributed by atoms with Crippen molar-refractivity contribution in [2.45, 2.75) is 108 Å². The van der Waals surface area contributed by atoms with Gasteiger partial charge in [-0.05, 0) is 25.7 Å². The summed E-state index contributed by atoms with van der Waals surface area (Å²) in [5, 5.41) is 28.9.